The predicted octanol–water partition coefficient (Wildman–Crippen LogP) is 4.94. The number of halogens is 1. The van der Waals surface area contributed by atoms with Gasteiger partial charge in [0.15, 0.2) is 0 Å². The van der Waals surface area contributed by atoms with Crippen LogP contribution in [0, 0.1) is 6.92 Å². The molecule has 96 valence electrons. The van der Waals surface area contributed by atoms with Gasteiger partial charge in [-0.15, -0.1) is 11.3 Å². The molecule has 0 spiro atoms. The lowest BCUT2D eigenvalue weighted by atomic mass is 9.99. The van der Waals surface area contributed by atoms with E-state index in [1.165, 1.54) is 4.88 Å². The standard InChI is InChI=1S/C16H13ClOS/c1-10-6-9-15(19-10)16(18)13-7-8-14(17)12-5-3-2-4-11(12)13/h2-9,16,18H,1H3. The molecule has 0 bridgehead atoms. The van der Waals surface area contributed by atoms with E-state index < -0.39 is 6.10 Å². The SMILES string of the molecule is Cc1ccc(C(O)c2ccc(Cl)c3ccccc23)s1. The molecule has 1 nitrogen and oxygen atoms in total. The van der Waals surface area contributed by atoms with Crippen LogP contribution in [-0.4, -0.2) is 5.11 Å². The van der Waals surface area contributed by atoms with Gasteiger partial charge in [-0.2, -0.15) is 0 Å². The van der Waals surface area contributed by atoms with E-state index in [0.717, 1.165) is 21.2 Å². The summed E-state index contributed by atoms with van der Waals surface area (Å²) in [7, 11) is 0. The Morgan fingerprint density at radius 2 is 1.74 bits per heavy atom. The van der Waals surface area contributed by atoms with E-state index in [0.29, 0.717) is 5.02 Å². The fourth-order valence-corrected chi connectivity index (χ4v) is 3.39. The summed E-state index contributed by atoms with van der Waals surface area (Å²) in [6.45, 7) is 2.04. The van der Waals surface area contributed by atoms with Gasteiger partial charge in [0, 0.05) is 20.2 Å². The second-order valence-corrected chi connectivity index (χ2v) is 6.26. The highest BCUT2D eigenvalue weighted by atomic mass is 35.5. The average Bonchev–Trinajstić information content (AvgIpc) is 2.86. The molecular formula is C16H13ClOS. The zero-order chi connectivity index (χ0) is 13.4. The lowest BCUT2D eigenvalue weighted by Gasteiger charge is -2.13. The Balaban J connectivity index is 2.18. The second-order valence-electron chi connectivity index (χ2n) is 4.53. The van der Waals surface area contributed by atoms with Gasteiger partial charge < -0.3 is 5.11 Å². The van der Waals surface area contributed by atoms with Crippen LogP contribution in [0.1, 0.15) is 21.4 Å². The van der Waals surface area contributed by atoms with E-state index in [9.17, 15) is 5.11 Å². The van der Waals surface area contributed by atoms with Crippen LogP contribution in [0.4, 0.5) is 0 Å². The maximum atomic E-state index is 10.6. The highest BCUT2D eigenvalue weighted by molar-refractivity contribution is 7.12. The van der Waals surface area contributed by atoms with Crippen molar-refractivity contribution >= 4 is 33.7 Å². The van der Waals surface area contributed by atoms with Crippen molar-refractivity contribution < 1.29 is 5.11 Å². The molecule has 1 N–H and O–H groups in total. The fourth-order valence-electron chi connectivity index (χ4n) is 2.28. The summed E-state index contributed by atoms with van der Waals surface area (Å²) in [4.78, 5) is 2.16. The molecule has 0 radical (unpaired) electrons. The molecule has 0 aliphatic rings. The Morgan fingerprint density at radius 3 is 2.42 bits per heavy atom. The van der Waals surface area contributed by atoms with Gasteiger partial charge in [0.1, 0.15) is 6.10 Å². The van der Waals surface area contributed by atoms with E-state index in [1.54, 1.807) is 11.3 Å². The molecule has 3 aromatic rings. The number of thiophene rings is 1. The maximum absolute atomic E-state index is 10.6. The molecule has 1 atom stereocenters. The van der Waals surface area contributed by atoms with Crippen LogP contribution in [0.5, 0.6) is 0 Å². The molecule has 0 aliphatic carbocycles. The molecule has 0 saturated heterocycles. The summed E-state index contributed by atoms with van der Waals surface area (Å²) < 4.78 is 0. The molecule has 0 amide bonds. The molecule has 1 heterocycles. The highest BCUT2D eigenvalue weighted by Crippen LogP contribution is 2.34. The van der Waals surface area contributed by atoms with Gasteiger partial charge in [-0.25, -0.2) is 0 Å². The fraction of sp³-hybridized carbons (Fsp3) is 0.125. The number of hydrogen-bond acceptors (Lipinski definition) is 2. The maximum Gasteiger partial charge on any atom is 0.114 e. The largest absolute Gasteiger partial charge is 0.383 e. The minimum absolute atomic E-state index is 0.596. The Kier molecular flexibility index (Phi) is 3.31. The minimum Gasteiger partial charge on any atom is -0.383 e. The van der Waals surface area contributed by atoms with E-state index in [4.69, 9.17) is 11.6 Å². The van der Waals surface area contributed by atoms with E-state index >= 15 is 0 Å². The first-order valence-electron chi connectivity index (χ1n) is 6.08. The molecule has 2 aromatic carbocycles. The van der Waals surface area contributed by atoms with Crippen molar-refractivity contribution in [3.63, 3.8) is 0 Å². The zero-order valence-corrected chi connectivity index (χ0v) is 12.0. The van der Waals surface area contributed by atoms with Gasteiger partial charge in [0.2, 0.25) is 0 Å². The Hall–Kier alpha value is -1.35. The number of aryl methyl sites for hydroxylation is 1. The van der Waals surface area contributed by atoms with Crippen LogP contribution in [0.2, 0.25) is 5.02 Å². The third kappa shape index (κ3) is 2.27. The number of aliphatic hydroxyl groups is 1. The lowest BCUT2D eigenvalue weighted by Crippen LogP contribution is -1.98. The van der Waals surface area contributed by atoms with Gasteiger partial charge in [-0.05, 0) is 36.1 Å². The van der Waals surface area contributed by atoms with Gasteiger partial charge >= 0.3 is 0 Å². The number of aliphatic hydroxyl groups excluding tert-OH is 1. The van der Waals surface area contributed by atoms with Crippen molar-refractivity contribution in [2.24, 2.45) is 0 Å². The summed E-state index contributed by atoms with van der Waals surface area (Å²) in [5.41, 5.74) is 0.904. The summed E-state index contributed by atoms with van der Waals surface area (Å²) in [6.07, 6.45) is -0.596. The minimum atomic E-state index is -0.596. The summed E-state index contributed by atoms with van der Waals surface area (Å²) in [5, 5.41) is 13.3. The normalized spacial score (nSPS) is 12.8. The molecule has 0 aliphatic heterocycles. The number of benzene rings is 2. The van der Waals surface area contributed by atoms with Crippen LogP contribution in [0.3, 0.4) is 0 Å². The molecule has 0 saturated carbocycles. The molecule has 1 aromatic heterocycles. The van der Waals surface area contributed by atoms with Crippen LogP contribution < -0.4 is 0 Å². The quantitative estimate of drug-likeness (QED) is 0.708. The first-order chi connectivity index (χ1) is 9.16. The smallest absolute Gasteiger partial charge is 0.114 e. The average molecular weight is 289 g/mol. The van der Waals surface area contributed by atoms with Crippen molar-refractivity contribution in [3.8, 4) is 0 Å². The summed E-state index contributed by atoms with van der Waals surface area (Å²) >= 11 is 7.83. The monoisotopic (exact) mass is 288 g/mol. The Bertz CT molecular complexity index is 732. The lowest BCUT2D eigenvalue weighted by molar-refractivity contribution is 0.226. The van der Waals surface area contributed by atoms with E-state index in [-0.39, 0.29) is 0 Å². The Labute approximate surface area is 121 Å². The Morgan fingerprint density at radius 1 is 1.00 bits per heavy atom. The molecule has 19 heavy (non-hydrogen) atoms. The van der Waals surface area contributed by atoms with E-state index in [2.05, 4.69) is 0 Å². The predicted molar refractivity (Wildman–Crippen MR) is 82.1 cm³/mol. The number of rotatable bonds is 2. The van der Waals surface area contributed by atoms with Crippen molar-refractivity contribution in [2.45, 2.75) is 13.0 Å². The molecule has 3 heteroatoms. The van der Waals surface area contributed by atoms with Gasteiger partial charge in [-0.1, -0.05) is 41.9 Å². The second kappa shape index (κ2) is 4.97. The van der Waals surface area contributed by atoms with Gasteiger partial charge in [0.05, 0.1) is 0 Å². The van der Waals surface area contributed by atoms with Crippen LogP contribution in [0.15, 0.2) is 48.5 Å². The van der Waals surface area contributed by atoms with Crippen molar-refractivity contribution in [1.29, 1.82) is 0 Å². The van der Waals surface area contributed by atoms with Crippen LogP contribution in [0.25, 0.3) is 10.8 Å². The van der Waals surface area contributed by atoms with Crippen molar-refractivity contribution in [3.05, 3.63) is 68.9 Å². The van der Waals surface area contributed by atoms with Crippen molar-refractivity contribution in [1.82, 2.24) is 0 Å². The molecular weight excluding hydrogens is 276 g/mol. The highest BCUT2D eigenvalue weighted by Gasteiger charge is 2.16. The third-order valence-corrected chi connectivity index (χ3v) is 4.61. The summed E-state index contributed by atoms with van der Waals surface area (Å²) in [5.74, 6) is 0. The zero-order valence-electron chi connectivity index (χ0n) is 10.4. The van der Waals surface area contributed by atoms with E-state index in [1.807, 2.05) is 55.5 Å². The van der Waals surface area contributed by atoms with Crippen molar-refractivity contribution in [2.75, 3.05) is 0 Å². The molecule has 0 fully saturated rings. The van der Waals surface area contributed by atoms with Crippen LogP contribution in [-0.2, 0) is 0 Å². The molecule has 3 rings (SSSR count). The van der Waals surface area contributed by atoms with Gasteiger partial charge in [-0.3, -0.25) is 0 Å². The molecule has 1 unspecified atom stereocenters. The van der Waals surface area contributed by atoms with Crippen LogP contribution >= 0.6 is 22.9 Å². The van der Waals surface area contributed by atoms with Gasteiger partial charge in [0.25, 0.3) is 0 Å². The number of hydrogen-bond donors (Lipinski definition) is 1. The summed E-state index contributed by atoms with van der Waals surface area (Å²) in [6, 6.07) is 15.7. The first kappa shape index (κ1) is 12.7. The third-order valence-electron chi connectivity index (χ3n) is 3.23. The first-order valence-corrected chi connectivity index (χ1v) is 7.28. The topological polar surface area (TPSA) is 20.2 Å². The number of fused-ring (bicyclic) bond motifs is 1.